The van der Waals surface area contributed by atoms with Crippen molar-refractivity contribution in [3.8, 4) is 0 Å². The van der Waals surface area contributed by atoms with Crippen LogP contribution in [0.2, 0.25) is 0 Å². The lowest BCUT2D eigenvalue weighted by Crippen LogP contribution is -2.53. The Morgan fingerprint density at radius 2 is 1.18 bits per heavy atom. The number of aliphatic hydroxyl groups is 1. The smallest absolute Gasteiger partial charge is 0.158 e. The fourth-order valence-corrected chi connectivity index (χ4v) is 4.73. The maximum atomic E-state index is 14.3. The first-order valence-corrected chi connectivity index (χ1v) is 12.4. The maximum absolute atomic E-state index is 14.3. The molecule has 2 saturated heterocycles. The Kier molecular flexibility index (Phi) is 10.8. The highest BCUT2D eigenvalue weighted by molar-refractivity contribution is 5.90. The molecule has 0 aromatic rings. The molecule has 0 aromatic carbocycles. The molecule has 0 aliphatic carbocycles. The number of hydrogen-bond acceptors (Lipinski definition) is 5. The predicted molar refractivity (Wildman–Crippen MR) is 141 cm³/mol. The van der Waals surface area contributed by atoms with Gasteiger partial charge >= 0.3 is 0 Å². The number of β-amino-alcohol motifs (C(OH)–C–C–N with tert-alkyl or cyclic N) is 1. The van der Waals surface area contributed by atoms with Crippen LogP contribution in [0.15, 0.2) is 0 Å². The summed E-state index contributed by atoms with van der Waals surface area (Å²) >= 11 is 0. The molecule has 2 fully saturated rings. The molecule has 2 aliphatic rings. The Labute approximate surface area is 209 Å². The van der Waals surface area contributed by atoms with Crippen molar-refractivity contribution in [1.29, 1.82) is 0 Å². The van der Waals surface area contributed by atoms with Crippen molar-refractivity contribution in [3.63, 3.8) is 0 Å². The van der Waals surface area contributed by atoms with Gasteiger partial charge in [0.1, 0.15) is 12.2 Å². The van der Waals surface area contributed by atoms with Crippen LogP contribution in [-0.2, 0) is 9.59 Å². The summed E-state index contributed by atoms with van der Waals surface area (Å²) in [6.45, 7) is 27.0. The summed E-state index contributed by atoms with van der Waals surface area (Å²) in [5, 5.41) is 9.75. The Balaban J connectivity index is 0.000000623. The van der Waals surface area contributed by atoms with E-state index in [4.69, 9.17) is 0 Å². The summed E-state index contributed by atoms with van der Waals surface area (Å²) in [6, 6.07) is -0.708. The second-order valence-corrected chi connectivity index (χ2v) is 14.1. The average molecular weight is 487 g/mol. The number of carbonyl (C=O) groups is 2. The van der Waals surface area contributed by atoms with Gasteiger partial charge in [0.2, 0.25) is 0 Å². The molecule has 0 aromatic heterocycles. The maximum Gasteiger partial charge on any atom is 0.158 e. The van der Waals surface area contributed by atoms with E-state index in [1.807, 2.05) is 74.1 Å². The van der Waals surface area contributed by atoms with Crippen LogP contribution in [0.4, 0.5) is 4.39 Å². The van der Waals surface area contributed by atoms with Gasteiger partial charge in [-0.05, 0) is 48.0 Å². The fourth-order valence-electron chi connectivity index (χ4n) is 4.73. The topological polar surface area (TPSA) is 60.9 Å². The lowest BCUT2D eigenvalue weighted by atomic mass is 9.83. The van der Waals surface area contributed by atoms with Crippen LogP contribution in [0, 0.1) is 16.7 Å². The molecule has 0 radical (unpaired) electrons. The van der Waals surface area contributed by atoms with E-state index in [0.717, 1.165) is 0 Å². The summed E-state index contributed by atoms with van der Waals surface area (Å²) in [5.74, 6) is 0.189. The van der Waals surface area contributed by atoms with Crippen molar-refractivity contribution in [2.45, 2.75) is 139 Å². The van der Waals surface area contributed by atoms with Crippen LogP contribution in [0.3, 0.4) is 0 Å². The number of carbonyl (C=O) groups excluding carboxylic acids is 2. The van der Waals surface area contributed by atoms with Crippen molar-refractivity contribution >= 4 is 11.6 Å². The van der Waals surface area contributed by atoms with E-state index < -0.39 is 17.6 Å². The van der Waals surface area contributed by atoms with Gasteiger partial charge in [-0.2, -0.15) is 0 Å². The Hall–Kier alpha value is -0.850. The Bertz CT molecular complexity index is 694. The standard InChI is InChI=1S/C14H26FNO.C13H25NO2.CH4/c1-9-8-16(14(5,6)7)11(10(9)15)12(17)13(2,3)4;1-12(2,3)11(16)10-7-9(15)8-14(10)13(4,5)6;/h9-11H,8H2,1-7H3;9-10,15H,7-8H2,1-6H3;1H4/t9-,10-,11-;9-,10+;/m01./s1. The minimum atomic E-state index is -1.04. The molecule has 2 rings (SSSR count). The largest absolute Gasteiger partial charge is 0.392 e. The van der Waals surface area contributed by atoms with Gasteiger partial charge in [-0.25, -0.2) is 4.39 Å². The molecule has 5 atom stereocenters. The van der Waals surface area contributed by atoms with Crippen LogP contribution < -0.4 is 0 Å². The van der Waals surface area contributed by atoms with E-state index in [9.17, 15) is 19.1 Å². The molecule has 202 valence electrons. The minimum Gasteiger partial charge on any atom is -0.392 e. The molecule has 0 spiro atoms. The number of hydrogen-bond donors (Lipinski definition) is 1. The van der Waals surface area contributed by atoms with E-state index >= 15 is 0 Å². The lowest BCUT2D eigenvalue weighted by molar-refractivity contribution is -0.134. The van der Waals surface area contributed by atoms with Gasteiger partial charge in [-0.15, -0.1) is 0 Å². The number of rotatable bonds is 2. The van der Waals surface area contributed by atoms with E-state index in [1.165, 1.54) is 0 Å². The molecule has 0 amide bonds. The zero-order valence-electron chi connectivity index (χ0n) is 23.5. The molecule has 2 heterocycles. The summed E-state index contributed by atoms with van der Waals surface area (Å²) in [7, 11) is 0. The predicted octanol–water partition coefficient (Wildman–Crippen LogP) is 5.53. The van der Waals surface area contributed by atoms with E-state index in [-0.39, 0.29) is 53.5 Å². The molecular formula is C28H55FN2O3. The van der Waals surface area contributed by atoms with Crippen molar-refractivity contribution in [1.82, 2.24) is 9.80 Å². The molecule has 34 heavy (non-hydrogen) atoms. The van der Waals surface area contributed by atoms with Crippen LogP contribution in [-0.4, -0.2) is 75.0 Å². The van der Waals surface area contributed by atoms with E-state index in [0.29, 0.717) is 19.5 Å². The number of nitrogens with zero attached hydrogens (tertiary/aromatic N) is 2. The second-order valence-electron chi connectivity index (χ2n) is 14.1. The van der Waals surface area contributed by atoms with Gasteiger partial charge in [-0.3, -0.25) is 19.4 Å². The quantitative estimate of drug-likeness (QED) is 0.556. The van der Waals surface area contributed by atoms with E-state index in [1.54, 1.807) is 0 Å². The first kappa shape index (κ1) is 33.1. The van der Waals surface area contributed by atoms with Gasteiger partial charge in [0.15, 0.2) is 11.6 Å². The SMILES string of the molecule is C.CC(C)(C)C(=O)[C@@H]1C[C@@H](O)CN1C(C)(C)C.C[C@H]1CN(C(C)(C)C)[C@H](C(=O)C(C)(C)C)[C@H]1F. The first-order chi connectivity index (χ1) is 14.5. The molecule has 6 heteroatoms. The van der Waals surface area contributed by atoms with Gasteiger partial charge in [0.05, 0.1) is 12.1 Å². The normalized spacial score (nSPS) is 29.3. The van der Waals surface area contributed by atoms with Crippen molar-refractivity contribution in [3.05, 3.63) is 0 Å². The van der Waals surface area contributed by atoms with Crippen LogP contribution in [0.25, 0.3) is 0 Å². The third-order valence-corrected chi connectivity index (χ3v) is 6.72. The molecule has 0 saturated carbocycles. The lowest BCUT2D eigenvalue weighted by Gasteiger charge is -2.38. The van der Waals surface area contributed by atoms with Crippen LogP contribution >= 0.6 is 0 Å². The molecule has 2 aliphatic heterocycles. The van der Waals surface area contributed by atoms with E-state index in [2.05, 4.69) is 25.7 Å². The van der Waals surface area contributed by atoms with Gasteiger partial charge in [-0.1, -0.05) is 55.9 Å². The molecule has 5 nitrogen and oxygen atoms in total. The fraction of sp³-hybridized carbons (Fsp3) is 0.929. The summed E-state index contributed by atoms with van der Waals surface area (Å²) in [5.41, 5.74) is -1.05. The summed E-state index contributed by atoms with van der Waals surface area (Å²) in [4.78, 5) is 28.9. The number of likely N-dealkylation sites (tertiary alicyclic amines) is 2. The Morgan fingerprint density at radius 1 is 0.765 bits per heavy atom. The number of aliphatic hydroxyl groups excluding tert-OH is 1. The van der Waals surface area contributed by atoms with Crippen molar-refractivity contribution < 1.29 is 19.1 Å². The number of ketones is 2. The monoisotopic (exact) mass is 486 g/mol. The van der Waals surface area contributed by atoms with Gasteiger partial charge in [0, 0.05) is 40.9 Å². The highest BCUT2D eigenvalue weighted by Crippen LogP contribution is 2.36. The summed E-state index contributed by atoms with van der Waals surface area (Å²) < 4.78 is 14.3. The molecule has 1 N–H and O–H groups in total. The van der Waals surface area contributed by atoms with Crippen molar-refractivity contribution in [2.75, 3.05) is 13.1 Å². The van der Waals surface area contributed by atoms with Crippen LogP contribution in [0.5, 0.6) is 0 Å². The van der Waals surface area contributed by atoms with Gasteiger partial charge < -0.3 is 5.11 Å². The minimum absolute atomic E-state index is 0. The number of halogens is 1. The Morgan fingerprint density at radius 3 is 1.53 bits per heavy atom. The third-order valence-electron chi connectivity index (χ3n) is 6.72. The average Bonchev–Trinajstić information content (AvgIpc) is 3.13. The molecular weight excluding hydrogens is 431 g/mol. The summed E-state index contributed by atoms with van der Waals surface area (Å²) in [6.07, 6.45) is -0.829. The zero-order valence-corrected chi connectivity index (χ0v) is 23.5. The molecule has 0 bridgehead atoms. The highest BCUT2D eigenvalue weighted by atomic mass is 19.1. The zero-order chi connectivity index (χ0) is 26.3. The number of alkyl halides is 1. The molecule has 0 unspecified atom stereocenters. The van der Waals surface area contributed by atoms with Gasteiger partial charge in [0.25, 0.3) is 0 Å². The van der Waals surface area contributed by atoms with Crippen molar-refractivity contribution in [2.24, 2.45) is 16.7 Å². The highest BCUT2D eigenvalue weighted by Gasteiger charge is 2.50. The third kappa shape index (κ3) is 8.09. The second kappa shape index (κ2) is 11.0. The first-order valence-electron chi connectivity index (χ1n) is 12.4. The van der Waals surface area contributed by atoms with Crippen LogP contribution in [0.1, 0.15) is 104 Å². The number of Topliss-reactive ketones (excluding diaryl/α,β-unsaturated/α-hetero) is 2.